The standard InChI is InChI=1S/C13H19FN4/c14-11-7-4-8-16-12(11)9-17-13(15)18-10-5-2-1-3-6-10/h4,7-8,10H,1-3,5-6,9H2,(H3,15,17,18). The number of nitrogens with two attached hydrogens (primary N) is 1. The van der Waals surface area contributed by atoms with Gasteiger partial charge in [-0.1, -0.05) is 19.3 Å². The van der Waals surface area contributed by atoms with Gasteiger partial charge in [-0.2, -0.15) is 0 Å². The summed E-state index contributed by atoms with van der Waals surface area (Å²) in [5.41, 5.74) is 6.12. The van der Waals surface area contributed by atoms with Crippen molar-refractivity contribution in [2.24, 2.45) is 10.7 Å². The van der Waals surface area contributed by atoms with Crippen molar-refractivity contribution in [2.45, 2.75) is 44.7 Å². The number of nitrogens with one attached hydrogen (secondary N) is 1. The lowest BCUT2D eigenvalue weighted by Gasteiger charge is -2.23. The Morgan fingerprint density at radius 3 is 2.94 bits per heavy atom. The smallest absolute Gasteiger partial charge is 0.189 e. The van der Waals surface area contributed by atoms with Crippen LogP contribution in [-0.2, 0) is 6.54 Å². The minimum atomic E-state index is -0.341. The van der Waals surface area contributed by atoms with Crippen LogP contribution in [0, 0.1) is 5.82 Å². The van der Waals surface area contributed by atoms with E-state index in [1.165, 1.54) is 25.3 Å². The molecule has 0 saturated heterocycles. The number of nitrogens with zero attached hydrogens (tertiary/aromatic N) is 2. The molecule has 5 heteroatoms. The van der Waals surface area contributed by atoms with E-state index >= 15 is 0 Å². The van der Waals surface area contributed by atoms with Crippen molar-refractivity contribution in [3.63, 3.8) is 0 Å². The molecule has 0 aromatic carbocycles. The summed E-state index contributed by atoms with van der Waals surface area (Å²) in [4.78, 5) is 8.06. The van der Waals surface area contributed by atoms with Gasteiger partial charge in [-0.3, -0.25) is 4.98 Å². The average molecular weight is 250 g/mol. The molecule has 0 bridgehead atoms. The average Bonchev–Trinajstić information content (AvgIpc) is 2.39. The monoisotopic (exact) mass is 250 g/mol. The van der Waals surface area contributed by atoms with Crippen LogP contribution in [-0.4, -0.2) is 17.0 Å². The molecule has 0 aliphatic heterocycles. The van der Waals surface area contributed by atoms with E-state index < -0.39 is 0 Å². The van der Waals surface area contributed by atoms with Crippen LogP contribution in [0.1, 0.15) is 37.8 Å². The summed E-state index contributed by atoms with van der Waals surface area (Å²) in [5, 5.41) is 3.19. The second kappa shape index (κ2) is 6.33. The quantitative estimate of drug-likeness (QED) is 0.636. The maximum atomic E-state index is 13.3. The molecule has 1 fully saturated rings. The van der Waals surface area contributed by atoms with Gasteiger partial charge in [0.05, 0.1) is 12.2 Å². The third-order valence-electron chi connectivity index (χ3n) is 3.19. The van der Waals surface area contributed by atoms with Gasteiger partial charge >= 0.3 is 0 Å². The molecule has 1 aromatic heterocycles. The highest BCUT2D eigenvalue weighted by atomic mass is 19.1. The molecular formula is C13H19FN4. The Kier molecular flexibility index (Phi) is 4.50. The first-order chi connectivity index (χ1) is 8.75. The zero-order valence-electron chi connectivity index (χ0n) is 10.4. The summed E-state index contributed by atoms with van der Waals surface area (Å²) in [7, 11) is 0. The van der Waals surface area contributed by atoms with Crippen molar-refractivity contribution in [1.82, 2.24) is 10.3 Å². The van der Waals surface area contributed by atoms with E-state index in [9.17, 15) is 4.39 Å². The Labute approximate surface area is 107 Å². The van der Waals surface area contributed by atoms with Gasteiger partial charge in [0, 0.05) is 12.2 Å². The van der Waals surface area contributed by atoms with Crippen LogP contribution in [0.5, 0.6) is 0 Å². The predicted octanol–water partition coefficient (Wildman–Crippen LogP) is 1.96. The number of hydrogen-bond acceptors (Lipinski definition) is 2. The summed E-state index contributed by atoms with van der Waals surface area (Å²) in [6, 6.07) is 3.35. The topological polar surface area (TPSA) is 63.3 Å². The Hall–Kier alpha value is -1.65. The van der Waals surface area contributed by atoms with Crippen molar-refractivity contribution < 1.29 is 4.39 Å². The largest absolute Gasteiger partial charge is 0.370 e. The number of hydrogen-bond donors (Lipinski definition) is 2. The molecule has 0 amide bonds. The Bertz CT molecular complexity index is 413. The van der Waals surface area contributed by atoms with Crippen LogP contribution < -0.4 is 11.1 Å². The third kappa shape index (κ3) is 3.68. The maximum absolute atomic E-state index is 13.3. The normalized spacial score (nSPS) is 17.7. The second-order valence-electron chi connectivity index (χ2n) is 4.61. The highest BCUT2D eigenvalue weighted by Crippen LogP contribution is 2.17. The lowest BCUT2D eigenvalue weighted by Crippen LogP contribution is -2.41. The number of halogens is 1. The van der Waals surface area contributed by atoms with Crippen molar-refractivity contribution >= 4 is 5.96 Å². The van der Waals surface area contributed by atoms with Crippen LogP contribution >= 0.6 is 0 Å². The minimum Gasteiger partial charge on any atom is -0.370 e. The fraction of sp³-hybridized carbons (Fsp3) is 0.538. The molecular weight excluding hydrogens is 231 g/mol. The van der Waals surface area contributed by atoms with Gasteiger partial charge < -0.3 is 11.1 Å². The predicted molar refractivity (Wildman–Crippen MR) is 69.5 cm³/mol. The number of aromatic nitrogens is 1. The summed E-state index contributed by atoms with van der Waals surface area (Å²) in [6.07, 6.45) is 7.59. The molecule has 0 unspecified atom stereocenters. The van der Waals surface area contributed by atoms with E-state index in [2.05, 4.69) is 15.3 Å². The van der Waals surface area contributed by atoms with Crippen molar-refractivity contribution in [1.29, 1.82) is 0 Å². The SMILES string of the molecule is NC(=NCc1ncccc1F)NC1CCCCC1. The molecule has 4 nitrogen and oxygen atoms in total. The van der Waals surface area contributed by atoms with Crippen molar-refractivity contribution in [3.05, 3.63) is 29.8 Å². The molecule has 0 atom stereocenters. The first-order valence-electron chi connectivity index (χ1n) is 6.41. The number of guanidine groups is 1. The second-order valence-corrected chi connectivity index (χ2v) is 4.61. The highest BCUT2D eigenvalue weighted by molar-refractivity contribution is 5.78. The van der Waals surface area contributed by atoms with E-state index in [1.807, 2.05) is 0 Å². The van der Waals surface area contributed by atoms with Crippen LogP contribution in [0.2, 0.25) is 0 Å². The molecule has 2 rings (SSSR count). The lowest BCUT2D eigenvalue weighted by molar-refractivity contribution is 0.412. The van der Waals surface area contributed by atoms with Gasteiger partial charge in [-0.15, -0.1) is 0 Å². The molecule has 0 radical (unpaired) electrons. The summed E-state index contributed by atoms with van der Waals surface area (Å²) >= 11 is 0. The lowest BCUT2D eigenvalue weighted by atomic mass is 9.96. The van der Waals surface area contributed by atoms with Gasteiger partial charge in [0.25, 0.3) is 0 Å². The molecule has 1 aromatic rings. The molecule has 1 aliphatic rings. The minimum absolute atomic E-state index is 0.179. The van der Waals surface area contributed by atoms with Gasteiger partial charge in [-0.05, 0) is 25.0 Å². The van der Waals surface area contributed by atoms with Crippen LogP contribution in [0.4, 0.5) is 4.39 Å². The number of aliphatic imine (C=N–C) groups is 1. The Morgan fingerprint density at radius 1 is 1.44 bits per heavy atom. The van der Waals surface area contributed by atoms with Crippen LogP contribution in [0.15, 0.2) is 23.3 Å². The molecule has 98 valence electrons. The molecule has 1 aliphatic carbocycles. The van der Waals surface area contributed by atoms with Crippen LogP contribution in [0.3, 0.4) is 0 Å². The maximum Gasteiger partial charge on any atom is 0.189 e. The Morgan fingerprint density at radius 2 is 2.22 bits per heavy atom. The first kappa shape index (κ1) is 12.8. The number of rotatable bonds is 3. The third-order valence-corrected chi connectivity index (χ3v) is 3.19. The summed E-state index contributed by atoms with van der Waals surface area (Å²) in [5.74, 6) is 0.0404. The highest BCUT2D eigenvalue weighted by Gasteiger charge is 2.13. The van der Waals surface area contributed by atoms with Crippen molar-refractivity contribution in [3.8, 4) is 0 Å². The van der Waals surface area contributed by atoms with E-state index in [0.29, 0.717) is 17.7 Å². The first-order valence-corrected chi connectivity index (χ1v) is 6.41. The van der Waals surface area contributed by atoms with Gasteiger partial charge in [-0.25, -0.2) is 9.38 Å². The van der Waals surface area contributed by atoms with E-state index in [4.69, 9.17) is 5.73 Å². The zero-order chi connectivity index (χ0) is 12.8. The molecule has 1 heterocycles. The number of pyridine rings is 1. The van der Waals surface area contributed by atoms with E-state index in [1.54, 1.807) is 12.3 Å². The summed E-state index contributed by atoms with van der Waals surface area (Å²) < 4.78 is 13.3. The van der Waals surface area contributed by atoms with Gasteiger partial charge in [0.15, 0.2) is 5.96 Å². The van der Waals surface area contributed by atoms with Gasteiger partial charge in [0.2, 0.25) is 0 Å². The fourth-order valence-electron chi connectivity index (χ4n) is 2.20. The zero-order valence-corrected chi connectivity index (χ0v) is 10.4. The molecule has 1 saturated carbocycles. The molecule has 0 spiro atoms. The van der Waals surface area contributed by atoms with Gasteiger partial charge in [0.1, 0.15) is 5.82 Å². The molecule has 18 heavy (non-hydrogen) atoms. The van der Waals surface area contributed by atoms with E-state index in [-0.39, 0.29) is 12.4 Å². The Balaban J connectivity index is 1.86. The van der Waals surface area contributed by atoms with Crippen molar-refractivity contribution in [2.75, 3.05) is 0 Å². The summed E-state index contributed by atoms with van der Waals surface area (Å²) in [6.45, 7) is 0.179. The molecule has 3 N–H and O–H groups in total. The fourth-order valence-corrected chi connectivity index (χ4v) is 2.20. The van der Waals surface area contributed by atoms with Crippen LogP contribution in [0.25, 0.3) is 0 Å². The van der Waals surface area contributed by atoms with E-state index in [0.717, 1.165) is 12.8 Å².